The molecular formula is C28H40N8O4. The van der Waals surface area contributed by atoms with Crippen molar-refractivity contribution in [1.82, 2.24) is 29.7 Å². The first-order valence-corrected chi connectivity index (χ1v) is 14.0. The Hall–Kier alpha value is -3.32. The van der Waals surface area contributed by atoms with Crippen molar-refractivity contribution in [3.63, 3.8) is 0 Å². The second kappa shape index (κ2) is 11.7. The van der Waals surface area contributed by atoms with Gasteiger partial charge in [0.1, 0.15) is 30.2 Å². The molecule has 3 aromatic rings. The van der Waals surface area contributed by atoms with Gasteiger partial charge in [0.05, 0.1) is 6.33 Å². The van der Waals surface area contributed by atoms with E-state index in [1.54, 1.807) is 6.33 Å². The zero-order chi connectivity index (χ0) is 28.4. The number of carbonyl (C=O) groups is 1. The van der Waals surface area contributed by atoms with Gasteiger partial charge in [0, 0.05) is 31.4 Å². The Morgan fingerprint density at radius 2 is 2.00 bits per heavy atom. The number of urea groups is 1. The van der Waals surface area contributed by atoms with E-state index in [2.05, 4.69) is 51.3 Å². The number of nitrogens with two attached hydrogens (primary N) is 1. The monoisotopic (exact) mass is 552 g/mol. The van der Waals surface area contributed by atoms with E-state index < -0.39 is 12.0 Å². The lowest BCUT2D eigenvalue weighted by Crippen LogP contribution is -2.44. The summed E-state index contributed by atoms with van der Waals surface area (Å²) in [6.45, 7) is 12.2. The Kier molecular flexibility index (Phi) is 8.22. The SMILES string of the molecule is CCc1cccc(NC(=O)NCCCN(CC2OC(n3cnc4c(N)ncnc43)C3OC(C)(C)OC23)C(C)C)c1. The molecular weight excluding hydrogens is 512 g/mol. The second-order valence-electron chi connectivity index (χ2n) is 11.1. The Morgan fingerprint density at radius 1 is 1.20 bits per heavy atom. The Morgan fingerprint density at radius 3 is 2.77 bits per heavy atom. The number of nitrogen functional groups attached to an aromatic ring is 1. The van der Waals surface area contributed by atoms with Crippen LogP contribution in [0.2, 0.25) is 0 Å². The molecule has 4 heterocycles. The molecule has 0 radical (unpaired) electrons. The summed E-state index contributed by atoms with van der Waals surface area (Å²) in [5.41, 5.74) is 9.11. The van der Waals surface area contributed by atoms with Gasteiger partial charge in [0.15, 0.2) is 23.5 Å². The van der Waals surface area contributed by atoms with E-state index in [1.807, 2.05) is 42.7 Å². The zero-order valence-electron chi connectivity index (χ0n) is 23.8. The minimum atomic E-state index is -0.739. The normalized spacial score (nSPS) is 23.7. The molecule has 2 aliphatic heterocycles. The third kappa shape index (κ3) is 6.04. The maximum Gasteiger partial charge on any atom is 0.319 e. The van der Waals surface area contributed by atoms with E-state index in [4.69, 9.17) is 19.9 Å². The van der Waals surface area contributed by atoms with E-state index in [9.17, 15) is 4.79 Å². The molecule has 40 heavy (non-hydrogen) atoms. The van der Waals surface area contributed by atoms with Gasteiger partial charge in [-0.1, -0.05) is 19.1 Å². The molecule has 0 aliphatic carbocycles. The molecule has 1 aromatic carbocycles. The summed E-state index contributed by atoms with van der Waals surface area (Å²) in [4.78, 5) is 27.6. The average molecular weight is 553 g/mol. The number of hydrogen-bond donors (Lipinski definition) is 3. The molecule has 0 bridgehead atoms. The maximum absolute atomic E-state index is 12.4. The van der Waals surface area contributed by atoms with Gasteiger partial charge in [-0.2, -0.15) is 0 Å². The van der Waals surface area contributed by atoms with Crippen molar-refractivity contribution >= 4 is 28.7 Å². The molecule has 2 fully saturated rings. The van der Waals surface area contributed by atoms with Crippen LogP contribution in [0.1, 0.15) is 52.8 Å². The number of aromatic nitrogens is 4. The van der Waals surface area contributed by atoms with Crippen molar-refractivity contribution in [2.24, 2.45) is 0 Å². The Labute approximate surface area is 234 Å². The largest absolute Gasteiger partial charge is 0.382 e. The van der Waals surface area contributed by atoms with Crippen LogP contribution in [0.3, 0.4) is 0 Å². The molecule has 12 nitrogen and oxygen atoms in total. The number of carbonyl (C=O) groups excluding carboxylic acids is 1. The minimum absolute atomic E-state index is 0.204. The van der Waals surface area contributed by atoms with Gasteiger partial charge in [-0.05, 0) is 58.2 Å². The number of fused-ring (bicyclic) bond motifs is 2. The summed E-state index contributed by atoms with van der Waals surface area (Å²) < 4.78 is 21.1. The number of nitrogens with zero attached hydrogens (tertiary/aromatic N) is 5. The predicted octanol–water partition coefficient (Wildman–Crippen LogP) is 3.31. The molecule has 0 spiro atoms. The van der Waals surface area contributed by atoms with E-state index in [0.29, 0.717) is 30.1 Å². The highest BCUT2D eigenvalue weighted by Gasteiger charge is 2.56. The number of benzene rings is 1. The fourth-order valence-electron chi connectivity index (χ4n) is 5.41. The van der Waals surface area contributed by atoms with Crippen LogP contribution < -0.4 is 16.4 Å². The molecule has 12 heteroatoms. The summed E-state index contributed by atoms with van der Waals surface area (Å²) in [5.74, 6) is -0.419. The van der Waals surface area contributed by atoms with Gasteiger partial charge in [-0.15, -0.1) is 0 Å². The summed E-state index contributed by atoms with van der Waals surface area (Å²) in [6.07, 6.45) is 3.50. The van der Waals surface area contributed by atoms with Gasteiger partial charge in [0.2, 0.25) is 0 Å². The minimum Gasteiger partial charge on any atom is -0.382 e. The van der Waals surface area contributed by atoms with E-state index in [1.165, 1.54) is 11.9 Å². The number of imidazole rings is 1. The highest BCUT2D eigenvalue weighted by molar-refractivity contribution is 5.89. The third-order valence-corrected chi connectivity index (χ3v) is 7.43. The Bertz CT molecular complexity index is 1330. The van der Waals surface area contributed by atoms with Crippen LogP contribution in [0.4, 0.5) is 16.3 Å². The first kappa shape index (κ1) is 28.2. The summed E-state index contributed by atoms with van der Waals surface area (Å²) in [7, 11) is 0. The summed E-state index contributed by atoms with van der Waals surface area (Å²) in [6, 6.07) is 7.95. The number of hydrogen-bond acceptors (Lipinski definition) is 9. The number of rotatable bonds is 10. The van der Waals surface area contributed by atoms with Crippen LogP contribution in [-0.4, -0.2) is 80.2 Å². The zero-order valence-corrected chi connectivity index (χ0v) is 23.8. The lowest BCUT2D eigenvalue weighted by atomic mass is 10.1. The average Bonchev–Trinajstić information content (AvgIpc) is 3.57. The van der Waals surface area contributed by atoms with Crippen molar-refractivity contribution < 1.29 is 19.0 Å². The van der Waals surface area contributed by atoms with Crippen molar-refractivity contribution in [2.45, 2.75) is 83.8 Å². The number of anilines is 2. The fraction of sp³-hybridized carbons (Fsp3) is 0.571. The topological polar surface area (TPSA) is 142 Å². The van der Waals surface area contributed by atoms with Crippen molar-refractivity contribution in [3.05, 3.63) is 42.5 Å². The van der Waals surface area contributed by atoms with Crippen LogP contribution >= 0.6 is 0 Å². The molecule has 4 unspecified atom stereocenters. The van der Waals surface area contributed by atoms with Crippen molar-refractivity contribution in [3.8, 4) is 0 Å². The number of aryl methyl sites for hydroxylation is 1. The molecule has 2 aliphatic rings. The van der Waals surface area contributed by atoms with Gasteiger partial charge in [0.25, 0.3) is 0 Å². The number of amides is 2. The lowest BCUT2D eigenvalue weighted by Gasteiger charge is -2.31. The van der Waals surface area contributed by atoms with Crippen LogP contribution in [-0.2, 0) is 20.6 Å². The summed E-state index contributed by atoms with van der Waals surface area (Å²) in [5, 5.41) is 5.88. The van der Waals surface area contributed by atoms with Crippen LogP contribution in [0.25, 0.3) is 11.2 Å². The third-order valence-electron chi connectivity index (χ3n) is 7.43. The van der Waals surface area contributed by atoms with E-state index in [0.717, 1.165) is 25.1 Å². The van der Waals surface area contributed by atoms with Crippen molar-refractivity contribution in [1.29, 1.82) is 0 Å². The second-order valence-corrected chi connectivity index (χ2v) is 11.1. The molecule has 4 N–H and O–H groups in total. The highest BCUT2D eigenvalue weighted by atomic mass is 16.8. The summed E-state index contributed by atoms with van der Waals surface area (Å²) >= 11 is 0. The first-order valence-electron chi connectivity index (χ1n) is 14.0. The van der Waals surface area contributed by atoms with E-state index in [-0.39, 0.29) is 30.4 Å². The Balaban J connectivity index is 1.20. The maximum atomic E-state index is 12.4. The predicted molar refractivity (Wildman–Crippen MR) is 152 cm³/mol. The molecule has 216 valence electrons. The number of ether oxygens (including phenoxy) is 3. The number of nitrogens with one attached hydrogen (secondary N) is 2. The quantitative estimate of drug-likeness (QED) is 0.323. The molecule has 5 rings (SSSR count). The molecule has 2 aromatic heterocycles. The molecule has 2 saturated heterocycles. The smallest absolute Gasteiger partial charge is 0.319 e. The first-order chi connectivity index (χ1) is 19.1. The van der Waals surface area contributed by atoms with Crippen molar-refractivity contribution in [2.75, 3.05) is 30.7 Å². The van der Waals surface area contributed by atoms with Gasteiger partial charge in [-0.25, -0.2) is 19.7 Å². The fourth-order valence-corrected chi connectivity index (χ4v) is 5.41. The standard InChI is InChI=1S/C28H40N8O4/c1-6-18-9-7-10-19(13-18)34-27(37)30-11-8-12-35(17(2)3)14-20-22-23(40-28(4,5)39-22)26(38-20)36-16-33-21-24(29)31-15-32-25(21)36/h7,9-10,13,15-17,20,22-23,26H,6,8,11-12,14H2,1-5H3,(H2,29,31,32)(H2,30,34,37). The lowest BCUT2D eigenvalue weighted by molar-refractivity contribution is -0.198. The van der Waals surface area contributed by atoms with Crippen LogP contribution in [0.15, 0.2) is 36.9 Å². The molecule has 2 amide bonds. The van der Waals surface area contributed by atoms with Gasteiger partial charge < -0.3 is 30.6 Å². The van der Waals surface area contributed by atoms with Gasteiger partial charge >= 0.3 is 6.03 Å². The van der Waals surface area contributed by atoms with Crippen LogP contribution in [0, 0.1) is 0 Å². The van der Waals surface area contributed by atoms with Gasteiger partial charge in [-0.3, -0.25) is 9.47 Å². The molecule has 0 saturated carbocycles. The highest BCUT2D eigenvalue weighted by Crippen LogP contribution is 2.44. The van der Waals surface area contributed by atoms with E-state index >= 15 is 0 Å². The van der Waals surface area contributed by atoms with Crippen LogP contribution in [0.5, 0.6) is 0 Å². The molecule has 4 atom stereocenters.